The summed E-state index contributed by atoms with van der Waals surface area (Å²) in [6, 6.07) is 16.1. The largest absolute Gasteiger partial charge is 0.376 e. The molecular weight excluding hydrogens is 344 g/mol. The molecule has 136 valence electrons. The third kappa shape index (κ3) is 4.52. The first kappa shape index (κ1) is 18.2. The summed E-state index contributed by atoms with van der Waals surface area (Å²) in [6.07, 6.45) is 0. The van der Waals surface area contributed by atoms with E-state index in [9.17, 15) is 4.79 Å². The van der Waals surface area contributed by atoms with E-state index < -0.39 is 0 Å². The standard InChI is InChI=1S/C20H24N4OS/c1-15-2-8-18(9-3-15)23-10-12-24(13-11-23)19(25)17-6-4-16(5-7-17)14-22-20(21)26/h2-9H,10-14H2,1H3,(H3,21,22,26). The second kappa shape index (κ2) is 8.19. The van der Waals surface area contributed by atoms with Gasteiger partial charge in [-0.2, -0.15) is 0 Å². The molecule has 1 amide bonds. The van der Waals surface area contributed by atoms with Crippen LogP contribution in [0, 0.1) is 6.92 Å². The number of aryl methyl sites for hydroxylation is 1. The van der Waals surface area contributed by atoms with Gasteiger partial charge in [-0.1, -0.05) is 29.8 Å². The Bertz CT molecular complexity index is 765. The summed E-state index contributed by atoms with van der Waals surface area (Å²) >= 11 is 4.80. The molecule has 6 heteroatoms. The number of amides is 1. The third-order valence-corrected chi connectivity index (χ3v) is 4.78. The van der Waals surface area contributed by atoms with Crippen molar-refractivity contribution in [3.05, 3.63) is 65.2 Å². The molecule has 1 saturated heterocycles. The highest BCUT2D eigenvalue weighted by Crippen LogP contribution is 2.18. The van der Waals surface area contributed by atoms with Crippen LogP contribution in [0.2, 0.25) is 0 Å². The second-order valence-electron chi connectivity index (χ2n) is 6.53. The smallest absolute Gasteiger partial charge is 0.253 e. The summed E-state index contributed by atoms with van der Waals surface area (Å²) in [5.41, 5.74) is 9.67. The number of anilines is 1. The molecule has 0 spiro atoms. The van der Waals surface area contributed by atoms with Crippen molar-refractivity contribution < 1.29 is 4.79 Å². The Morgan fingerprint density at radius 3 is 2.23 bits per heavy atom. The molecule has 2 aromatic rings. The molecule has 0 radical (unpaired) electrons. The van der Waals surface area contributed by atoms with Crippen molar-refractivity contribution in [3.8, 4) is 0 Å². The lowest BCUT2D eigenvalue weighted by molar-refractivity contribution is 0.0747. The van der Waals surface area contributed by atoms with Gasteiger partial charge in [0.2, 0.25) is 0 Å². The fourth-order valence-electron chi connectivity index (χ4n) is 3.06. The Morgan fingerprint density at radius 1 is 1.04 bits per heavy atom. The monoisotopic (exact) mass is 368 g/mol. The third-order valence-electron chi connectivity index (χ3n) is 4.63. The summed E-state index contributed by atoms with van der Waals surface area (Å²) < 4.78 is 0. The average Bonchev–Trinajstić information content (AvgIpc) is 2.67. The van der Waals surface area contributed by atoms with Crippen LogP contribution in [0.15, 0.2) is 48.5 Å². The van der Waals surface area contributed by atoms with Gasteiger partial charge in [-0.05, 0) is 49.0 Å². The van der Waals surface area contributed by atoms with Crippen molar-refractivity contribution in [2.24, 2.45) is 5.73 Å². The van der Waals surface area contributed by atoms with Gasteiger partial charge in [0.1, 0.15) is 0 Å². The van der Waals surface area contributed by atoms with Gasteiger partial charge in [0, 0.05) is 44.0 Å². The van der Waals surface area contributed by atoms with Crippen molar-refractivity contribution >= 4 is 28.9 Å². The van der Waals surface area contributed by atoms with E-state index in [2.05, 4.69) is 41.4 Å². The first-order chi connectivity index (χ1) is 12.5. The predicted molar refractivity (Wildman–Crippen MR) is 109 cm³/mol. The van der Waals surface area contributed by atoms with Crippen LogP contribution in [-0.4, -0.2) is 42.1 Å². The van der Waals surface area contributed by atoms with Gasteiger partial charge in [-0.15, -0.1) is 0 Å². The molecule has 5 nitrogen and oxygen atoms in total. The fraction of sp³-hybridized carbons (Fsp3) is 0.300. The molecule has 1 aliphatic rings. The Balaban J connectivity index is 1.56. The fourth-order valence-corrected chi connectivity index (χ4v) is 3.13. The molecule has 1 heterocycles. The molecule has 0 bridgehead atoms. The normalized spacial score (nSPS) is 14.2. The lowest BCUT2D eigenvalue weighted by Gasteiger charge is -2.36. The van der Waals surface area contributed by atoms with Gasteiger partial charge in [0.15, 0.2) is 5.11 Å². The zero-order valence-electron chi connectivity index (χ0n) is 14.9. The van der Waals surface area contributed by atoms with E-state index in [0.717, 1.165) is 31.7 Å². The highest BCUT2D eigenvalue weighted by Gasteiger charge is 2.22. The zero-order valence-corrected chi connectivity index (χ0v) is 15.8. The summed E-state index contributed by atoms with van der Waals surface area (Å²) in [7, 11) is 0. The number of rotatable bonds is 4. The summed E-state index contributed by atoms with van der Waals surface area (Å²) in [4.78, 5) is 17.0. The van der Waals surface area contributed by atoms with Crippen LogP contribution < -0.4 is 16.0 Å². The van der Waals surface area contributed by atoms with Crippen LogP contribution >= 0.6 is 12.2 Å². The van der Waals surface area contributed by atoms with E-state index in [1.54, 1.807) is 0 Å². The van der Waals surface area contributed by atoms with E-state index in [0.29, 0.717) is 12.1 Å². The highest BCUT2D eigenvalue weighted by molar-refractivity contribution is 7.80. The maximum Gasteiger partial charge on any atom is 0.253 e. The van der Waals surface area contributed by atoms with Crippen LogP contribution in [0.25, 0.3) is 0 Å². The van der Waals surface area contributed by atoms with Gasteiger partial charge in [-0.3, -0.25) is 4.79 Å². The molecule has 0 atom stereocenters. The predicted octanol–water partition coefficient (Wildman–Crippen LogP) is 2.29. The van der Waals surface area contributed by atoms with Gasteiger partial charge >= 0.3 is 0 Å². The van der Waals surface area contributed by atoms with E-state index in [-0.39, 0.29) is 11.0 Å². The maximum absolute atomic E-state index is 12.7. The quantitative estimate of drug-likeness (QED) is 0.811. The van der Waals surface area contributed by atoms with Crippen LogP contribution in [-0.2, 0) is 6.54 Å². The van der Waals surface area contributed by atoms with Crippen LogP contribution in [0.1, 0.15) is 21.5 Å². The minimum Gasteiger partial charge on any atom is -0.376 e. The molecular formula is C20H24N4OS. The topological polar surface area (TPSA) is 61.6 Å². The van der Waals surface area contributed by atoms with Crippen LogP contribution in [0.3, 0.4) is 0 Å². The van der Waals surface area contributed by atoms with Gasteiger partial charge in [0.25, 0.3) is 5.91 Å². The summed E-state index contributed by atoms with van der Waals surface area (Å²) in [5.74, 6) is 0.0856. The number of piperazine rings is 1. The van der Waals surface area contributed by atoms with E-state index in [4.69, 9.17) is 18.0 Å². The lowest BCUT2D eigenvalue weighted by atomic mass is 10.1. The molecule has 0 unspecified atom stereocenters. The van der Waals surface area contributed by atoms with E-state index >= 15 is 0 Å². The molecule has 0 aromatic heterocycles. The van der Waals surface area contributed by atoms with E-state index in [1.165, 1.54) is 11.3 Å². The Kier molecular flexibility index (Phi) is 5.73. The molecule has 3 N–H and O–H groups in total. The number of hydrogen-bond acceptors (Lipinski definition) is 3. The minimum absolute atomic E-state index is 0.0856. The number of hydrogen-bond donors (Lipinski definition) is 2. The van der Waals surface area contributed by atoms with Gasteiger partial charge < -0.3 is 20.9 Å². The molecule has 1 aliphatic heterocycles. The SMILES string of the molecule is Cc1ccc(N2CCN(C(=O)c3ccc(CNC(N)=S)cc3)CC2)cc1. The van der Waals surface area contributed by atoms with Crippen molar-refractivity contribution in [2.45, 2.75) is 13.5 Å². The minimum atomic E-state index is 0.0856. The number of thiocarbonyl (C=S) groups is 1. The van der Waals surface area contributed by atoms with Crippen molar-refractivity contribution in [1.29, 1.82) is 0 Å². The maximum atomic E-state index is 12.7. The molecule has 2 aromatic carbocycles. The number of benzene rings is 2. The van der Waals surface area contributed by atoms with Gasteiger partial charge in [0.05, 0.1) is 0 Å². The van der Waals surface area contributed by atoms with E-state index in [1.807, 2.05) is 29.2 Å². The summed E-state index contributed by atoms with van der Waals surface area (Å²) in [5, 5.41) is 3.18. The molecule has 0 aliphatic carbocycles. The zero-order chi connectivity index (χ0) is 18.5. The lowest BCUT2D eigenvalue weighted by Crippen LogP contribution is -2.48. The first-order valence-electron chi connectivity index (χ1n) is 8.76. The molecule has 3 rings (SSSR count). The number of nitrogens with one attached hydrogen (secondary N) is 1. The second-order valence-corrected chi connectivity index (χ2v) is 6.97. The summed E-state index contributed by atoms with van der Waals surface area (Å²) in [6.45, 7) is 5.83. The van der Waals surface area contributed by atoms with Crippen molar-refractivity contribution in [3.63, 3.8) is 0 Å². The van der Waals surface area contributed by atoms with Crippen LogP contribution in [0.5, 0.6) is 0 Å². The first-order valence-corrected chi connectivity index (χ1v) is 9.17. The molecule has 1 fully saturated rings. The Morgan fingerprint density at radius 2 is 1.65 bits per heavy atom. The van der Waals surface area contributed by atoms with Crippen LogP contribution in [0.4, 0.5) is 5.69 Å². The van der Waals surface area contributed by atoms with Gasteiger partial charge in [-0.25, -0.2) is 0 Å². The Hall–Kier alpha value is -2.60. The highest BCUT2D eigenvalue weighted by atomic mass is 32.1. The number of carbonyl (C=O) groups excluding carboxylic acids is 1. The number of nitrogens with two attached hydrogens (primary N) is 1. The van der Waals surface area contributed by atoms with Crippen molar-refractivity contribution in [2.75, 3.05) is 31.1 Å². The average molecular weight is 369 g/mol. The number of nitrogens with zero attached hydrogens (tertiary/aromatic N) is 2. The van der Waals surface area contributed by atoms with Crippen molar-refractivity contribution in [1.82, 2.24) is 10.2 Å². The molecule has 0 saturated carbocycles. The number of carbonyl (C=O) groups is 1. The molecule has 26 heavy (non-hydrogen) atoms. The Labute approximate surface area is 159 Å².